The van der Waals surface area contributed by atoms with Gasteiger partial charge in [-0.3, -0.25) is 14.6 Å². The molecule has 142 valence electrons. The fourth-order valence-electron chi connectivity index (χ4n) is 2.92. The lowest BCUT2D eigenvalue weighted by Crippen LogP contribution is -2.37. The maximum atomic E-state index is 13.2. The zero-order valence-corrected chi connectivity index (χ0v) is 14.7. The number of nitrogens with one attached hydrogen (secondary N) is 1. The van der Waals surface area contributed by atoms with E-state index in [4.69, 9.17) is 4.74 Å². The van der Waals surface area contributed by atoms with Crippen LogP contribution in [0, 0.1) is 11.6 Å². The lowest BCUT2D eigenvalue weighted by atomic mass is 10.2. The van der Waals surface area contributed by atoms with Crippen molar-refractivity contribution in [2.24, 2.45) is 0 Å². The molecule has 2 aromatic rings. The molecule has 8 heteroatoms. The Kier molecular flexibility index (Phi) is 5.66. The number of anilines is 2. The molecule has 1 unspecified atom stereocenters. The van der Waals surface area contributed by atoms with Crippen LogP contribution in [0.3, 0.4) is 0 Å². The minimum absolute atomic E-state index is 0.0163. The summed E-state index contributed by atoms with van der Waals surface area (Å²) in [6.07, 6.45) is -0.818. The normalized spacial score (nSPS) is 16.5. The molecule has 27 heavy (non-hydrogen) atoms. The highest BCUT2D eigenvalue weighted by Gasteiger charge is 2.33. The highest BCUT2D eigenvalue weighted by Crippen LogP contribution is 2.21. The summed E-state index contributed by atoms with van der Waals surface area (Å²) >= 11 is 0. The Labute approximate surface area is 155 Å². The van der Waals surface area contributed by atoms with Gasteiger partial charge in [-0.25, -0.2) is 13.6 Å². The van der Waals surface area contributed by atoms with Crippen molar-refractivity contribution in [1.29, 1.82) is 0 Å². The summed E-state index contributed by atoms with van der Waals surface area (Å²) < 4.78 is 31.7. The molecule has 1 aliphatic heterocycles. The highest BCUT2D eigenvalue weighted by molar-refractivity contribution is 5.92. The van der Waals surface area contributed by atoms with Crippen LogP contribution in [0.2, 0.25) is 0 Å². The van der Waals surface area contributed by atoms with Crippen LogP contribution in [-0.4, -0.2) is 49.7 Å². The maximum Gasteiger partial charge on any atom is 0.414 e. The number of rotatable bonds is 6. The van der Waals surface area contributed by atoms with Crippen molar-refractivity contribution in [3.05, 3.63) is 60.2 Å². The number of nitrogens with zero attached hydrogens (tertiary/aromatic N) is 2. The Bertz CT molecular complexity index is 812. The van der Waals surface area contributed by atoms with E-state index >= 15 is 0 Å². The molecule has 1 atom stereocenters. The van der Waals surface area contributed by atoms with Gasteiger partial charge in [0.15, 0.2) is 0 Å². The minimum Gasteiger partial charge on any atom is -0.443 e. The van der Waals surface area contributed by atoms with E-state index in [1.165, 1.54) is 4.90 Å². The molecular formula is C19H19F2N3O3. The van der Waals surface area contributed by atoms with E-state index in [0.717, 1.165) is 23.9 Å². The predicted molar refractivity (Wildman–Crippen MR) is 96.5 cm³/mol. The summed E-state index contributed by atoms with van der Waals surface area (Å²) in [6, 6.07) is 12.0. The van der Waals surface area contributed by atoms with Gasteiger partial charge in [-0.05, 0) is 31.3 Å². The predicted octanol–water partition coefficient (Wildman–Crippen LogP) is 2.86. The maximum absolute atomic E-state index is 13.2. The van der Waals surface area contributed by atoms with Crippen molar-refractivity contribution >= 4 is 23.4 Å². The van der Waals surface area contributed by atoms with Crippen LogP contribution in [0.4, 0.5) is 25.0 Å². The third kappa shape index (κ3) is 5.01. The third-order valence-electron chi connectivity index (χ3n) is 4.02. The molecule has 2 amide bonds. The number of hydrogen-bond donors (Lipinski definition) is 1. The van der Waals surface area contributed by atoms with Crippen LogP contribution in [0.25, 0.3) is 0 Å². The number of cyclic esters (lactones) is 1. The second-order valence-corrected chi connectivity index (χ2v) is 6.35. The smallest absolute Gasteiger partial charge is 0.414 e. The van der Waals surface area contributed by atoms with Gasteiger partial charge in [-0.15, -0.1) is 0 Å². The lowest BCUT2D eigenvalue weighted by molar-refractivity contribution is -0.117. The van der Waals surface area contributed by atoms with Crippen LogP contribution < -0.4 is 10.2 Å². The second kappa shape index (κ2) is 8.13. The van der Waals surface area contributed by atoms with Gasteiger partial charge in [-0.1, -0.05) is 18.2 Å². The monoisotopic (exact) mass is 375 g/mol. The fraction of sp³-hybridized carbons (Fsp3) is 0.263. The Balaban J connectivity index is 1.51. The van der Waals surface area contributed by atoms with Crippen molar-refractivity contribution in [3.63, 3.8) is 0 Å². The molecule has 0 aromatic heterocycles. The number of benzene rings is 2. The lowest BCUT2D eigenvalue weighted by Gasteiger charge is -2.19. The molecule has 1 saturated heterocycles. The number of hydrogen-bond acceptors (Lipinski definition) is 4. The van der Waals surface area contributed by atoms with Gasteiger partial charge in [0.25, 0.3) is 0 Å². The number of likely N-dealkylation sites (N-methyl/N-ethyl adjacent to an activating group) is 1. The molecule has 1 fully saturated rings. The molecule has 0 radical (unpaired) electrons. The van der Waals surface area contributed by atoms with E-state index in [9.17, 15) is 18.4 Å². The summed E-state index contributed by atoms with van der Waals surface area (Å²) in [5.74, 6) is -1.96. The van der Waals surface area contributed by atoms with Crippen LogP contribution in [0.1, 0.15) is 0 Å². The number of para-hydroxylation sites is 1. The molecule has 0 bridgehead atoms. The summed E-state index contributed by atoms with van der Waals surface area (Å²) in [5, 5.41) is 2.44. The van der Waals surface area contributed by atoms with Gasteiger partial charge in [0.05, 0.1) is 13.1 Å². The number of amides is 2. The van der Waals surface area contributed by atoms with Crippen molar-refractivity contribution in [3.8, 4) is 0 Å². The largest absolute Gasteiger partial charge is 0.443 e. The third-order valence-corrected chi connectivity index (χ3v) is 4.02. The van der Waals surface area contributed by atoms with Crippen molar-refractivity contribution < 1.29 is 23.1 Å². The zero-order valence-electron chi connectivity index (χ0n) is 14.7. The van der Waals surface area contributed by atoms with Gasteiger partial charge in [-0.2, -0.15) is 0 Å². The SMILES string of the molecule is CN(CC(=O)Nc1cc(F)cc(F)c1)CC1CN(c2ccccc2)C(=O)O1. The number of halogens is 2. The minimum atomic E-state index is -0.766. The van der Waals surface area contributed by atoms with Crippen LogP contribution in [-0.2, 0) is 9.53 Å². The molecule has 1 heterocycles. The van der Waals surface area contributed by atoms with E-state index in [0.29, 0.717) is 13.1 Å². The van der Waals surface area contributed by atoms with Gasteiger partial charge in [0.2, 0.25) is 5.91 Å². The molecular weight excluding hydrogens is 356 g/mol. The zero-order chi connectivity index (χ0) is 19.4. The standard InChI is InChI=1S/C19H19F2N3O3/c1-23(12-18(25)22-15-8-13(20)7-14(21)9-15)10-17-11-24(19(26)27-17)16-5-3-2-4-6-16/h2-9,17H,10-12H2,1H3,(H,22,25). The Morgan fingerprint density at radius 1 is 1.22 bits per heavy atom. The Hall–Kier alpha value is -3.00. The number of carbonyl (C=O) groups is 2. The average Bonchev–Trinajstić information content (AvgIpc) is 2.94. The van der Waals surface area contributed by atoms with E-state index in [1.807, 2.05) is 30.3 Å². The molecule has 3 rings (SSSR count). The molecule has 0 aliphatic carbocycles. The van der Waals surface area contributed by atoms with Gasteiger partial charge in [0, 0.05) is 24.0 Å². The highest BCUT2D eigenvalue weighted by atomic mass is 19.1. The molecule has 1 N–H and O–H groups in total. The number of carbonyl (C=O) groups excluding carboxylic acids is 2. The molecule has 0 spiro atoms. The van der Waals surface area contributed by atoms with Crippen molar-refractivity contribution in [1.82, 2.24) is 4.90 Å². The van der Waals surface area contributed by atoms with Crippen LogP contribution in [0.15, 0.2) is 48.5 Å². The molecule has 0 saturated carbocycles. The van der Waals surface area contributed by atoms with Crippen molar-refractivity contribution in [2.75, 3.05) is 36.9 Å². The Morgan fingerprint density at radius 2 is 1.89 bits per heavy atom. The van der Waals surface area contributed by atoms with E-state index in [-0.39, 0.29) is 18.3 Å². The Morgan fingerprint density at radius 3 is 2.56 bits per heavy atom. The van der Waals surface area contributed by atoms with E-state index in [2.05, 4.69) is 5.32 Å². The van der Waals surface area contributed by atoms with Crippen LogP contribution >= 0.6 is 0 Å². The molecule has 6 nitrogen and oxygen atoms in total. The van der Waals surface area contributed by atoms with E-state index in [1.54, 1.807) is 11.9 Å². The molecule has 2 aromatic carbocycles. The summed E-state index contributed by atoms with van der Waals surface area (Å²) in [7, 11) is 1.70. The quantitative estimate of drug-likeness (QED) is 0.843. The average molecular weight is 375 g/mol. The van der Waals surface area contributed by atoms with Gasteiger partial charge >= 0.3 is 6.09 Å². The summed E-state index contributed by atoms with van der Waals surface area (Å²) in [4.78, 5) is 27.3. The first-order valence-electron chi connectivity index (χ1n) is 8.38. The second-order valence-electron chi connectivity index (χ2n) is 6.35. The summed E-state index contributed by atoms with van der Waals surface area (Å²) in [6.45, 7) is 0.710. The summed E-state index contributed by atoms with van der Waals surface area (Å²) in [5.41, 5.74) is 0.798. The van der Waals surface area contributed by atoms with Gasteiger partial charge < -0.3 is 10.1 Å². The van der Waals surface area contributed by atoms with Gasteiger partial charge in [0.1, 0.15) is 17.7 Å². The first kappa shape index (κ1) is 18.8. The molecule has 1 aliphatic rings. The van der Waals surface area contributed by atoms with Crippen molar-refractivity contribution in [2.45, 2.75) is 6.10 Å². The number of ether oxygens (including phenoxy) is 1. The fourth-order valence-corrected chi connectivity index (χ4v) is 2.92. The first-order valence-corrected chi connectivity index (χ1v) is 8.38. The topological polar surface area (TPSA) is 61.9 Å². The first-order chi connectivity index (χ1) is 12.9. The van der Waals surface area contributed by atoms with E-state index < -0.39 is 23.6 Å². The van der Waals surface area contributed by atoms with Crippen LogP contribution in [0.5, 0.6) is 0 Å².